The van der Waals surface area contributed by atoms with Gasteiger partial charge in [-0.15, -0.1) is 0 Å². The molecule has 4 heteroatoms. The number of rotatable bonds is 6. The quantitative estimate of drug-likeness (QED) is 0.701. The van der Waals surface area contributed by atoms with Crippen molar-refractivity contribution in [2.45, 2.75) is 12.5 Å². The predicted octanol–water partition coefficient (Wildman–Crippen LogP) is 0.839. The maximum absolute atomic E-state index is 11.5. The molecule has 0 heterocycles. The average Bonchev–Trinajstić information content (AvgIpc) is 2.30. The molecule has 1 aromatic carbocycles. The zero-order chi connectivity index (χ0) is 11.8. The molecule has 0 radical (unpaired) electrons. The van der Waals surface area contributed by atoms with Crippen LogP contribution in [-0.4, -0.2) is 26.2 Å². The van der Waals surface area contributed by atoms with Gasteiger partial charge in [-0.25, -0.2) is 0 Å². The fourth-order valence-electron chi connectivity index (χ4n) is 1.38. The van der Waals surface area contributed by atoms with Crippen molar-refractivity contribution in [3.63, 3.8) is 0 Å². The summed E-state index contributed by atoms with van der Waals surface area (Å²) >= 11 is 0. The van der Waals surface area contributed by atoms with E-state index in [1.165, 1.54) is 0 Å². The van der Waals surface area contributed by atoms with Gasteiger partial charge in [-0.2, -0.15) is 0 Å². The van der Waals surface area contributed by atoms with E-state index in [0.717, 1.165) is 5.56 Å². The van der Waals surface area contributed by atoms with E-state index in [0.29, 0.717) is 19.6 Å². The first-order valence-electron chi connectivity index (χ1n) is 5.30. The van der Waals surface area contributed by atoms with Gasteiger partial charge < -0.3 is 15.8 Å². The van der Waals surface area contributed by atoms with Crippen LogP contribution < -0.4 is 11.1 Å². The number of hydrogen-bond acceptors (Lipinski definition) is 3. The fourth-order valence-corrected chi connectivity index (χ4v) is 1.38. The summed E-state index contributed by atoms with van der Waals surface area (Å²) in [5.41, 5.74) is 6.88. The van der Waals surface area contributed by atoms with Crippen LogP contribution in [0.15, 0.2) is 30.3 Å². The van der Waals surface area contributed by atoms with Crippen molar-refractivity contribution >= 4 is 5.91 Å². The van der Waals surface area contributed by atoms with Crippen LogP contribution in [0.25, 0.3) is 0 Å². The summed E-state index contributed by atoms with van der Waals surface area (Å²) in [4.78, 5) is 11.5. The Hall–Kier alpha value is -1.39. The van der Waals surface area contributed by atoms with E-state index in [9.17, 15) is 4.79 Å². The molecule has 0 fully saturated rings. The average molecular weight is 222 g/mol. The number of methoxy groups -OCH3 is 1. The van der Waals surface area contributed by atoms with Crippen LogP contribution in [0.4, 0.5) is 0 Å². The van der Waals surface area contributed by atoms with E-state index in [4.69, 9.17) is 10.5 Å². The van der Waals surface area contributed by atoms with Crippen LogP contribution >= 0.6 is 0 Å². The van der Waals surface area contributed by atoms with E-state index in [1.807, 2.05) is 30.3 Å². The zero-order valence-corrected chi connectivity index (χ0v) is 9.48. The summed E-state index contributed by atoms with van der Waals surface area (Å²) in [7, 11) is 1.60. The Morgan fingerprint density at radius 2 is 2.12 bits per heavy atom. The number of ether oxygens (including phenoxy) is 1. The van der Waals surface area contributed by atoms with Gasteiger partial charge in [-0.3, -0.25) is 4.79 Å². The molecule has 1 amide bonds. The Morgan fingerprint density at radius 1 is 1.44 bits per heavy atom. The molecule has 0 aromatic heterocycles. The SMILES string of the molecule is COCCNC(=O)CC(N)c1ccccc1. The predicted molar refractivity (Wildman–Crippen MR) is 62.9 cm³/mol. The smallest absolute Gasteiger partial charge is 0.221 e. The van der Waals surface area contributed by atoms with E-state index >= 15 is 0 Å². The van der Waals surface area contributed by atoms with Gasteiger partial charge in [0.05, 0.1) is 6.61 Å². The number of hydrogen-bond donors (Lipinski definition) is 2. The van der Waals surface area contributed by atoms with Crippen LogP contribution in [0.1, 0.15) is 18.0 Å². The number of carbonyl (C=O) groups is 1. The molecule has 1 unspecified atom stereocenters. The molecule has 1 rings (SSSR count). The van der Waals surface area contributed by atoms with Crippen molar-refractivity contribution < 1.29 is 9.53 Å². The van der Waals surface area contributed by atoms with Gasteiger partial charge in [0.25, 0.3) is 0 Å². The van der Waals surface area contributed by atoms with Gasteiger partial charge in [0.15, 0.2) is 0 Å². The van der Waals surface area contributed by atoms with Crippen LogP contribution in [0, 0.1) is 0 Å². The Morgan fingerprint density at radius 3 is 2.75 bits per heavy atom. The largest absolute Gasteiger partial charge is 0.383 e. The lowest BCUT2D eigenvalue weighted by atomic mass is 10.0. The molecule has 0 aliphatic heterocycles. The molecule has 0 aliphatic rings. The second kappa shape index (κ2) is 6.98. The highest BCUT2D eigenvalue weighted by molar-refractivity contribution is 5.76. The minimum absolute atomic E-state index is 0.0478. The third-order valence-corrected chi connectivity index (χ3v) is 2.26. The molecular weight excluding hydrogens is 204 g/mol. The van der Waals surface area contributed by atoms with Gasteiger partial charge in [0, 0.05) is 26.1 Å². The summed E-state index contributed by atoms with van der Waals surface area (Å²) < 4.78 is 4.84. The van der Waals surface area contributed by atoms with E-state index < -0.39 is 0 Å². The second-order valence-electron chi connectivity index (χ2n) is 3.56. The number of nitrogens with two attached hydrogens (primary N) is 1. The summed E-state index contributed by atoms with van der Waals surface area (Å²) in [6, 6.07) is 9.36. The lowest BCUT2D eigenvalue weighted by Crippen LogP contribution is -2.30. The number of amides is 1. The Labute approximate surface area is 95.8 Å². The summed E-state index contributed by atoms with van der Waals surface area (Å²) in [6.45, 7) is 1.04. The van der Waals surface area contributed by atoms with Crippen molar-refractivity contribution in [3.8, 4) is 0 Å². The molecule has 0 bridgehead atoms. The van der Waals surface area contributed by atoms with Crippen molar-refractivity contribution in [1.29, 1.82) is 0 Å². The standard InChI is InChI=1S/C12H18N2O2/c1-16-8-7-14-12(15)9-11(13)10-5-3-2-4-6-10/h2-6,11H,7-9,13H2,1H3,(H,14,15). The first-order valence-corrected chi connectivity index (χ1v) is 5.30. The molecule has 16 heavy (non-hydrogen) atoms. The molecule has 0 saturated carbocycles. The molecule has 0 aliphatic carbocycles. The van der Waals surface area contributed by atoms with E-state index in [-0.39, 0.29) is 11.9 Å². The molecular formula is C12H18N2O2. The Balaban J connectivity index is 2.34. The van der Waals surface area contributed by atoms with Crippen molar-refractivity contribution in [2.24, 2.45) is 5.73 Å². The number of carbonyl (C=O) groups excluding carboxylic acids is 1. The summed E-state index contributed by atoms with van der Waals surface area (Å²) in [6.07, 6.45) is 0.299. The van der Waals surface area contributed by atoms with Gasteiger partial charge in [0.1, 0.15) is 0 Å². The first kappa shape index (κ1) is 12.7. The maximum Gasteiger partial charge on any atom is 0.221 e. The van der Waals surface area contributed by atoms with E-state index in [2.05, 4.69) is 5.32 Å². The maximum atomic E-state index is 11.5. The van der Waals surface area contributed by atoms with Crippen molar-refractivity contribution in [2.75, 3.05) is 20.3 Å². The normalized spacial score (nSPS) is 12.1. The summed E-state index contributed by atoms with van der Waals surface area (Å²) in [5.74, 6) is -0.0478. The minimum Gasteiger partial charge on any atom is -0.383 e. The number of nitrogens with one attached hydrogen (secondary N) is 1. The lowest BCUT2D eigenvalue weighted by Gasteiger charge is -2.11. The van der Waals surface area contributed by atoms with Gasteiger partial charge in [0.2, 0.25) is 5.91 Å². The zero-order valence-electron chi connectivity index (χ0n) is 9.48. The van der Waals surface area contributed by atoms with Crippen molar-refractivity contribution in [3.05, 3.63) is 35.9 Å². The molecule has 0 spiro atoms. The number of benzene rings is 1. The van der Waals surface area contributed by atoms with Crippen LogP contribution in [-0.2, 0) is 9.53 Å². The van der Waals surface area contributed by atoms with Crippen LogP contribution in [0.3, 0.4) is 0 Å². The van der Waals surface area contributed by atoms with Gasteiger partial charge >= 0.3 is 0 Å². The van der Waals surface area contributed by atoms with Gasteiger partial charge in [-0.1, -0.05) is 30.3 Å². The molecule has 1 aromatic rings. The van der Waals surface area contributed by atoms with Crippen LogP contribution in [0.2, 0.25) is 0 Å². The highest BCUT2D eigenvalue weighted by atomic mass is 16.5. The monoisotopic (exact) mass is 222 g/mol. The molecule has 0 saturated heterocycles. The molecule has 4 nitrogen and oxygen atoms in total. The topological polar surface area (TPSA) is 64.3 Å². The Kier molecular flexibility index (Phi) is 5.53. The lowest BCUT2D eigenvalue weighted by molar-refractivity contribution is -0.121. The highest BCUT2D eigenvalue weighted by Crippen LogP contribution is 2.12. The van der Waals surface area contributed by atoms with Crippen LogP contribution in [0.5, 0.6) is 0 Å². The summed E-state index contributed by atoms with van der Waals surface area (Å²) in [5, 5.41) is 2.74. The fraction of sp³-hybridized carbons (Fsp3) is 0.417. The molecule has 1 atom stereocenters. The molecule has 3 N–H and O–H groups in total. The minimum atomic E-state index is -0.247. The second-order valence-corrected chi connectivity index (χ2v) is 3.56. The van der Waals surface area contributed by atoms with Gasteiger partial charge in [-0.05, 0) is 5.56 Å². The Bertz CT molecular complexity index is 314. The van der Waals surface area contributed by atoms with Crippen molar-refractivity contribution in [1.82, 2.24) is 5.32 Å². The molecule has 88 valence electrons. The third kappa shape index (κ3) is 4.42. The first-order chi connectivity index (χ1) is 7.74. The highest BCUT2D eigenvalue weighted by Gasteiger charge is 2.10. The van der Waals surface area contributed by atoms with E-state index in [1.54, 1.807) is 7.11 Å². The third-order valence-electron chi connectivity index (χ3n) is 2.26.